The average molecular weight is 416 g/mol. The van der Waals surface area contributed by atoms with Crippen LogP contribution in [0.4, 0.5) is 32.2 Å². The molecule has 0 saturated carbocycles. The van der Waals surface area contributed by atoms with Gasteiger partial charge in [0.25, 0.3) is 0 Å². The Bertz CT molecular complexity index is 949. The maximum atomic E-state index is 12.8. The Balaban J connectivity index is 0.000000438. The van der Waals surface area contributed by atoms with Crippen molar-refractivity contribution in [3.63, 3.8) is 0 Å². The summed E-state index contributed by atoms with van der Waals surface area (Å²) in [5.74, 6) is 0.544. The summed E-state index contributed by atoms with van der Waals surface area (Å²) in [5.41, 5.74) is 0.915. The zero-order valence-electron chi connectivity index (χ0n) is 14.8. The van der Waals surface area contributed by atoms with E-state index in [0.717, 1.165) is 17.7 Å². The van der Waals surface area contributed by atoms with E-state index >= 15 is 0 Å². The van der Waals surface area contributed by atoms with E-state index in [-0.39, 0.29) is 11.5 Å². The lowest BCUT2D eigenvalue weighted by molar-refractivity contribution is -0.156. The number of benzene rings is 2. The second-order valence-corrected chi connectivity index (χ2v) is 5.55. The summed E-state index contributed by atoms with van der Waals surface area (Å²) < 4.78 is 75.3. The first kappa shape index (κ1) is 22.0. The highest BCUT2D eigenvalue weighted by atomic mass is 19.4. The van der Waals surface area contributed by atoms with Crippen molar-refractivity contribution in [2.24, 2.45) is 0 Å². The van der Waals surface area contributed by atoms with E-state index in [1.807, 2.05) is 30.3 Å². The molecule has 0 aliphatic carbocycles. The van der Waals surface area contributed by atoms with Crippen LogP contribution < -0.4 is 5.32 Å². The molecule has 4 nitrogen and oxygen atoms in total. The van der Waals surface area contributed by atoms with Gasteiger partial charge in [0.2, 0.25) is 18.1 Å². The van der Waals surface area contributed by atoms with Crippen LogP contribution in [0.2, 0.25) is 0 Å². The quantitative estimate of drug-likeness (QED) is 0.432. The van der Waals surface area contributed by atoms with Crippen molar-refractivity contribution in [2.45, 2.75) is 12.4 Å². The van der Waals surface area contributed by atoms with E-state index in [0.29, 0.717) is 11.6 Å². The molecule has 0 aliphatic rings. The number of alkyl halides is 6. The number of nitrogens with zero attached hydrogens (tertiary/aromatic N) is 1. The number of aldehydes is 1. The monoisotopic (exact) mass is 416 g/mol. The van der Waals surface area contributed by atoms with Gasteiger partial charge in [-0.15, -0.1) is 0 Å². The topological polar surface area (TPSA) is 55.1 Å². The number of nitrogens with one attached hydrogen (secondary N) is 1. The van der Waals surface area contributed by atoms with Crippen molar-refractivity contribution < 1.29 is 35.6 Å². The standard InChI is InChI=1S/C17H13F3N2O.C2HF3O/c1-21-16-14(11-6-3-2-4-7-11)22-15(23-16)12-8-5-9-13(10-12)17(18,19)20;3-2(4,5)1-6/h2-10,21H,1H3;1H. The number of rotatable bonds is 3. The average Bonchev–Trinajstić information content (AvgIpc) is 3.12. The predicted molar refractivity (Wildman–Crippen MR) is 94.0 cm³/mol. The number of oxazole rings is 1. The van der Waals surface area contributed by atoms with Crippen LogP contribution in [0.1, 0.15) is 5.56 Å². The molecule has 0 fully saturated rings. The molecule has 154 valence electrons. The van der Waals surface area contributed by atoms with Gasteiger partial charge in [-0.1, -0.05) is 36.4 Å². The van der Waals surface area contributed by atoms with E-state index in [2.05, 4.69) is 10.3 Å². The zero-order chi connectivity index (χ0) is 21.7. The minimum absolute atomic E-state index is 0.138. The van der Waals surface area contributed by atoms with Crippen molar-refractivity contribution in [1.29, 1.82) is 0 Å². The summed E-state index contributed by atoms with van der Waals surface area (Å²) in [7, 11) is 1.67. The molecule has 0 bridgehead atoms. The Morgan fingerprint density at radius 2 is 1.52 bits per heavy atom. The van der Waals surface area contributed by atoms with E-state index < -0.39 is 24.2 Å². The van der Waals surface area contributed by atoms with Crippen molar-refractivity contribution >= 4 is 12.2 Å². The van der Waals surface area contributed by atoms with Gasteiger partial charge in [-0.05, 0) is 18.2 Å². The van der Waals surface area contributed by atoms with Crippen LogP contribution in [0.25, 0.3) is 22.7 Å². The van der Waals surface area contributed by atoms with Gasteiger partial charge in [0.1, 0.15) is 5.69 Å². The fraction of sp³-hybridized carbons (Fsp3) is 0.158. The number of hydrogen-bond donors (Lipinski definition) is 1. The predicted octanol–water partition coefficient (Wildman–Crippen LogP) is 5.82. The normalized spacial score (nSPS) is 11.4. The Hall–Kier alpha value is -3.30. The van der Waals surface area contributed by atoms with Crippen LogP contribution >= 0.6 is 0 Å². The first-order valence-corrected chi connectivity index (χ1v) is 8.00. The number of aromatic nitrogens is 1. The third kappa shape index (κ3) is 6.09. The Morgan fingerprint density at radius 1 is 0.931 bits per heavy atom. The fourth-order valence-electron chi connectivity index (χ4n) is 2.23. The molecule has 1 heterocycles. The molecule has 0 spiro atoms. The lowest BCUT2D eigenvalue weighted by atomic mass is 10.1. The van der Waals surface area contributed by atoms with Gasteiger partial charge in [-0.2, -0.15) is 26.3 Å². The van der Waals surface area contributed by atoms with Gasteiger partial charge in [0.15, 0.2) is 0 Å². The third-order valence-corrected chi connectivity index (χ3v) is 3.47. The second-order valence-electron chi connectivity index (χ2n) is 5.55. The molecule has 0 radical (unpaired) electrons. The molecule has 2 aromatic carbocycles. The fourth-order valence-corrected chi connectivity index (χ4v) is 2.23. The summed E-state index contributed by atoms with van der Waals surface area (Å²) in [5, 5.41) is 2.88. The Morgan fingerprint density at radius 3 is 2.03 bits per heavy atom. The molecule has 1 aromatic heterocycles. The molecule has 0 atom stereocenters. The van der Waals surface area contributed by atoms with Gasteiger partial charge in [-0.25, -0.2) is 4.98 Å². The molecule has 3 aromatic rings. The molecule has 3 rings (SSSR count). The Kier molecular flexibility index (Phi) is 6.68. The minimum atomic E-state index is -4.64. The molecular formula is C19H14F6N2O2. The molecule has 0 amide bonds. The maximum absolute atomic E-state index is 12.8. The minimum Gasteiger partial charge on any atom is -0.420 e. The largest absolute Gasteiger partial charge is 0.446 e. The summed E-state index contributed by atoms with van der Waals surface area (Å²) in [6.45, 7) is 0. The van der Waals surface area contributed by atoms with Crippen LogP contribution in [-0.4, -0.2) is 24.5 Å². The van der Waals surface area contributed by atoms with Crippen LogP contribution in [-0.2, 0) is 11.0 Å². The lowest BCUT2D eigenvalue weighted by Gasteiger charge is -2.06. The number of hydrogen-bond acceptors (Lipinski definition) is 4. The number of anilines is 1. The van der Waals surface area contributed by atoms with Crippen LogP contribution in [0.15, 0.2) is 59.0 Å². The molecule has 0 unspecified atom stereocenters. The molecule has 0 saturated heterocycles. The van der Waals surface area contributed by atoms with E-state index in [1.54, 1.807) is 7.05 Å². The highest BCUT2D eigenvalue weighted by Crippen LogP contribution is 2.35. The van der Waals surface area contributed by atoms with Gasteiger partial charge >= 0.3 is 12.4 Å². The van der Waals surface area contributed by atoms with Crippen LogP contribution in [0.3, 0.4) is 0 Å². The van der Waals surface area contributed by atoms with E-state index in [4.69, 9.17) is 9.21 Å². The summed E-state index contributed by atoms with van der Waals surface area (Å²) >= 11 is 0. The highest BCUT2D eigenvalue weighted by molar-refractivity contribution is 5.73. The van der Waals surface area contributed by atoms with Crippen molar-refractivity contribution in [2.75, 3.05) is 12.4 Å². The molecule has 29 heavy (non-hydrogen) atoms. The van der Waals surface area contributed by atoms with Gasteiger partial charge in [0, 0.05) is 18.2 Å². The number of halogens is 6. The van der Waals surface area contributed by atoms with Crippen molar-refractivity contribution in [3.05, 3.63) is 60.2 Å². The van der Waals surface area contributed by atoms with Crippen molar-refractivity contribution in [3.8, 4) is 22.7 Å². The number of carbonyl (C=O) groups is 1. The smallest absolute Gasteiger partial charge is 0.420 e. The van der Waals surface area contributed by atoms with E-state index in [1.165, 1.54) is 12.1 Å². The molecule has 10 heteroatoms. The molecular weight excluding hydrogens is 402 g/mol. The summed E-state index contributed by atoms with van der Waals surface area (Å²) in [6.07, 6.45) is -10.1. The zero-order valence-corrected chi connectivity index (χ0v) is 14.8. The molecule has 1 N–H and O–H groups in total. The first-order valence-electron chi connectivity index (χ1n) is 8.00. The van der Waals surface area contributed by atoms with Crippen LogP contribution in [0, 0.1) is 0 Å². The van der Waals surface area contributed by atoms with Gasteiger partial charge in [-0.3, -0.25) is 4.79 Å². The lowest BCUT2D eigenvalue weighted by Crippen LogP contribution is -2.07. The highest BCUT2D eigenvalue weighted by Gasteiger charge is 2.31. The maximum Gasteiger partial charge on any atom is 0.446 e. The van der Waals surface area contributed by atoms with E-state index in [9.17, 15) is 26.3 Å². The molecule has 0 aliphatic heterocycles. The Labute approximate surface area is 161 Å². The van der Waals surface area contributed by atoms with Gasteiger partial charge in [0.05, 0.1) is 5.56 Å². The first-order chi connectivity index (χ1) is 13.5. The van der Waals surface area contributed by atoms with Crippen LogP contribution in [0.5, 0.6) is 0 Å². The third-order valence-electron chi connectivity index (χ3n) is 3.47. The summed E-state index contributed by atoms with van der Waals surface area (Å²) in [6, 6.07) is 14.2. The summed E-state index contributed by atoms with van der Waals surface area (Å²) in [4.78, 5) is 13.0. The van der Waals surface area contributed by atoms with Crippen molar-refractivity contribution in [1.82, 2.24) is 4.98 Å². The number of carbonyl (C=O) groups excluding carboxylic acids is 1. The van der Waals surface area contributed by atoms with Gasteiger partial charge < -0.3 is 9.73 Å². The second kappa shape index (κ2) is 8.80. The SMILES string of the molecule is CNc1oc(-c2cccc(C(F)(F)F)c2)nc1-c1ccccc1.O=CC(F)(F)F.